The first-order chi connectivity index (χ1) is 15.5. The number of carbonyl (C=O) groups excluding carboxylic acids is 1. The van der Waals surface area contributed by atoms with Gasteiger partial charge < -0.3 is 14.4 Å². The number of likely N-dealkylation sites (N-methyl/N-ethyl adjacent to an activating group) is 1. The van der Waals surface area contributed by atoms with Crippen molar-refractivity contribution in [2.75, 3.05) is 39.2 Å². The van der Waals surface area contributed by atoms with E-state index >= 15 is 0 Å². The van der Waals surface area contributed by atoms with E-state index in [4.69, 9.17) is 14.5 Å². The number of fused-ring (bicyclic) bond motifs is 1. The Hall–Kier alpha value is -3.42. The maximum Gasteiger partial charge on any atom is 0.260 e. The average Bonchev–Trinajstić information content (AvgIpc) is 3.24. The van der Waals surface area contributed by atoms with Crippen LogP contribution in [0.4, 0.5) is 5.13 Å². The normalized spacial score (nSPS) is 11.0. The van der Waals surface area contributed by atoms with Crippen LogP contribution >= 0.6 is 11.3 Å². The van der Waals surface area contributed by atoms with Crippen LogP contribution in [-0.2, 0) is 0 Å². The highest BCUT2D eigenvalue weighted by Gasteiger charge is 2.22. The molecule has 164 valence electrons. The monoisotopic (exact) mass is 447 g/mol. The number of ether oxygens (including phenoxy) is 2. The number of amides is 1. The van der Waals surface area contributed by atoms with Crippen molar-refractivity contribution >= 4 is 32.6 Å². The fraction of sp³-hybridized carbons (Fsp3) is 0.200. The van der Waals surface area contributed by atoms with E-state index in [2.05, 4.69) is 0 Å². The molecule has 0 fully saturated rings. The number of aromatic nitrogens is 1. The third kappa shape index (κ3) is 4.90. The maximum absolute atomic E-state index is 13.6. The molecule has 0 atom stereocenters. The van der Waals surface area contributed by atoms with Crippen molar-refractivity contribution in [3.05, 3.63) is 78.4 Å². The predicted molar refractivity (Wildman–Crippen MR) is 129 cm³/mol. The minimum atomic E-state index is -0.122. The lowest BCUT2D eigenvalue weighted by atomic mass is 10.2. The number of benzene rings is 3. The first-order valence-electron chi connectivity index (χ1n) is 10.3. The fourth-order valence-corrected chi connectivity index (χ4v) is 4.26. The second-order valence-electron chi connectivity index (χ2n) is 7.51. The minimum Gasteiger partial charge on any atom is -0.494 e. The summed E-state index contributed by atoms with van der Waals surface area (Å²) in [5.41, 5.74) is 1.31. The topological polar surface area (TPSA) is 54.9 Å². The lowest BCUT2D eigenvalue weighted by Gasteiger charge is -2.22. The Morgan fingerprint density at radius 1 is 0.938 bits per heavy atom. The molecule has 0 aliphatic rings. The van der Waals surface area contributed by atoms with E-state index in [1.54, 1.807) is 24.1 Å². The van der Waals surface area contributed by atoms with E-state index in [9.17, 15) is 4.79 Å². The maximum atomic E-state index is 13.6. The van der Waals surface area contributed by atoms with Crippen molar-refractivity contribution in [3.63, 3.8) is 0 Å². The Morgan fingerprint density at radius 2 is 1.69 bits per heavy atom. The van der Waals surface area contributed by atoms with Crippen molar-refractivity contribution in [1.29, 1.82) is 0 Å². The number of anilines is 1. The van der Waals surface area contributed by atoms with Gasteiger partial charge in [0.25, 0.3) is 5.91 Å². The Balaban J connectivity index is 1.66. The Kier molecular flexibility index (Phi) is 6.68. The Labute approximate surface area is 191 Å². The molecule has 0 aliphatic carbocycles. The van der Waals surface area contributed by atoms with E-state index in [0.717, 1.165) is 16.0 Å². The Morgan fingerprint density at radius 3 is 2.44 bits per heavy atom. The summed E-state index contributed by atoms with van der Waals surface area (Å²) in [4.78, 5) is 22.1. The number of nitrogens with zero attached hydrogens (tertiary/aromatic N) is 3. The number of hydrogen-bond acceptors (Lipinski definition) is 6. The van der Waals surface area contributed by atoms with Crippen LogP contribution in [-0.4, -0.2) is 50.1 Å². The van der Waals surface area contributed by atoms with Gasteiger partial charge in [-0.1, -0.05) is 41.7 Å². The molecule has 32 heavy (non-hydrogen) atoms. The molecular formula is C25H25N3O3S. The second-order valence-corrected chi connectivity index (χ2v) is 8.52. The van der Waals surface area contributed by atoms with E-state index in [1.807, 2.05) is 79.7 Å². The van der Waals surface area contributed by atoms with Gasteiger partial charge in [0.2, 0.25) is 0 Å². The molecule has 0 bridgehead atoms. The number of rotatable bonds is 8. The quantitative estimate of drug-likeness (QED) is 0.367. The van der Waals surface area contributed by atoms with Crippen LogP contribution in [0.3, 0.4) is 0 Å². The van der Waals surface area contributed by atoms with Gasteiger partial charge in [0.15, 0.2) is 5.13 Å². The van der Waals surface area contributed by atoms with E-state index in [-0.39, 0.29) is 5.91 Å². The predicted octanol–water partition coefficient (Wildman–Crippen LogP) is 5.31. The number of hydrogen-bond donors (Lipinski definition) is 0. The van der Waals surface area contributed by atoms with Crippen LogP contribution in [0.1, 0.15) is 10.4 Å². The molecule has 4 rings (SSSR count). The fourth-order valence-electron chi connectivity index (χ4n) is 3.25. The highest BCUT2D eigenvalue weighted by Crippen LogP contribution is 2.35. The highest BCUT2D eigenvalue weighted by atomic mass is 32.1. The molecule has 1 aromatic heterocycles. The summed E-state index contributed by atoms with van der Waals surface area (Å²) in [5, 5.41) is 0.644. The van der Waals surface area contributed by atoms with E-state index in [1.165, 1.54) is 11.3 Å². The minimum absolute atomic E-state index is 0.122. The van der Waals surface area contributed by atoms with Crippen LogP contribution < -0.4 is 14.4 Å². The van der Waals surface area contributed by atoms with Gasteiger partial charge in [-0.15, -0.1) is 0 Å². The lowest BCUT2D eigenvalue weighted by molar-refractivity contribution is 0.0985. The largest absolute Gasteiger partial charge is 0.494 e. The van der Waals surface area contributed by atoms with Crippen LogP contribution in [0, 0.1) is 0 Å². The summed E-state index contributed by atoms with van der Waals surface area (Å²) in [5.74, 6) is 1.91. The van der Waals surface area contributed by atoms with Gasteiger partial charge in [-0.25, -0.2) is 4.98 Å². The number of methoxy groups -OCH3 is 1. The zero-order valence-electron chi connectivity index (χ0n) is 18.3. The third-order valence-corrected chi connectivity index (χ3v) is 5.94. The summed E-state index contributed by atoms with van der Waals surface area (Å²) < 4.78 is 12.3. The first-order valence-corrected chi connectivity index (χ1v) is 11.1. The van der Waals surface area contributed by atoms with Crippen molar-refractivity contribution in [3.8, 4) is 17.2 Å². The van der Waals surface area contributed by atoms with Crippen molar-refractivity contribution < 1.29 is 14.3 Å². The molecule has 0 N–H and O–H groups in total. The van der Waals surface area contributed by atoms with Crippen molar-refractivity contribution in [2.45, 2.75) is 0 Å². The third-order valence-electron chi connectivity index (χ3n) is 4.90. The van der Waals surface area contributed by atoms with Crippen LogP contribution in [0.5, 0.6) is 17.2 Å². The summed E-state index contributed by atoms with van der Waals surface area (Å²) in [6.45, 7) is 1.22. The summed E-state index contributed by atoms with van der Waals surface area (Å²) in [6.07, 6.45) is 0. The molecule has 0 spiro atoms. The molecule has 4 aromatic rings. The molecule has 1 amide bonds. The number of carbonyl (C=O) groups is 1. The van der Waals surface area contributed by atoms with Gasteiger partial charge in [0.05, 0.1) is 11.8 Å². The highest BCUT2D eigenvalue weighted by molar-refractivity contribution is 7.22. The number of para-hydroxylation sites is 2. The summed E-state index contributed by atoms with van der Waals surface area (Å²) in [6, 6.07) is 22.6. The SMILES string of the molecule is COc1cccc2sc(N(CCN(C)C)C(=O)c3cccc(Oc4ccccc4)c3)nc12. The summed E-state index contributed by atoms with van der Waals surface area (Å²) in [7, 11) is 5.59. The Bertz CT molecular complexity index is 1210. The first kappa shape index (κ1) is 21.8. The van der Waals surface area contributed by atoms with Crippen LogP contribution in [0.15, 0.2) is 72.8 Å². The number of thiazole rings is 1. The smallest absolute Gasteiger partial charge is 0.260 e. The van der Waals surface area contributed by atoms with Gasteiger partial charge in [-0.2, -0.15) is 0 Å². The van der Waals surface area contributed by atoms with Crippen LogP contribution in [0.25, 0.3) is 10.2 Å². The molecule has 0 aliphatic heterocycles. The molecule has 0 radical (unpaired) electrons. The zero-order valence-corrected chi connectivity index (χ0v) is 19.1. The van der Waals surface area contributed by atoms with E-state index in [0.29, 0.717) is 35.3 Å². The van der Waals surface area contributed by atoms with Gasteiger partial charge >= 0.3 is 0 Å². The standard InChI is InChI=1S/C25H25N3O3S/c1-27(2)15-16-28(25-26-23-21(30-3)13-8-14-22(23)32-25)24(29)18-9-7-12-20(17-18)31-19-10-5-4-6-11-19/h4-14,17H,15-16H2,1-3H3. The molecular weight excluding hydrogens is 422 g/mol. The molecule has 0 unspecified atom stereocenters. The van der Waals surface area contributed by atoms with Gasteiger partial charge in [0.1, 0.15) is 22.8 Å². The zero-order chi connectivity index (χ0) is 22.5. The van der Waals surface area contributed by atoms with E-state index < -0.39 is 0 Å². The lowest BCUT2D eigenvalue weighted by Crippen LogP contribution is -2.36. The summed E-state index contributed by atoms with van der Waals surface area (Å²) >= 11 is 1.48. The molecule has 1 heterocycles. The van der Waals surface area contributed by atoms with Crippen molar-refractivity contribution in [1.82, 2.24) is 9.88 Å². The molecule has 6 nitrogen and oxygen atoms in total. The van der Waals surface area contributed by atoms with Gasteiger partial charge in [-0.3, -0.25) is 9.69 Å². The van der Waals surface area contributed by atoms with Crippen LogP contribution in [0.2, 0.25) is 0 Å². The second kappa shape index (κ2) is 9.80. The van der Waals surface area contributed by atoms with Gasteiger partial charge in [0, 0.05) is 18.7 Å². The average molecular weight is 448 g/mol. The molecule has 7 heteroatoms. The van der Waals surface area contributed by atoms with Crippen molar-refractivity contribution in [2.24, 2.45) is 0 Å². The molecule has 0 saturated heterocycles. The molecule has 3 aromatic carbocycles. The van der Waals surface area contributed by atoms with Gasteiger partial charge in [-0.05, 0) is 56.6 Å². The molecule has 0 saturated carbocycles.